The number of carbonyl (C=O) groups excluding carboxylic acids is 3. The first-order chi connectivity index (χ1) is 30.6. The molecule has 1 aliphatic heterocycles. The molecule has 0 aliphatic carbocycles. The molecule has 0 amide bonds. The predicted molar refractivity (Wildman–Crippen MR) is 248 cm³/mol. The molecular formula is C51H90O12. The quantitative estimate of drug-likeness (QED) is 0.0229. The molecule has 0 aromatic heterocycles. The zero-order valence-corrected chi connectivity index (χ0v) is 39.8. The predicted octanol–water partition coefficient (Wildman–Crippen LogP) is 11.6. The highest BCUT2D eigenvalue weighted by atomic mass is 16.7. The highest BCUT2D eigenvalue weighted by molar-refractivity contribution is 5.74. The van der Waals surface area contributed by atoms with Crippen molar-refractivity contribution in [2.24, 2.45) is 0 Å². The molecule has 0 spiro atoms. The smallest absolute Gasteiger partial charge is 0.335 e. The van der Waals surface area contributed by atoms with Gasteiger partial charge in [-0.1, -0.05) is 186 Å². The van der Waals surface area contributed by atoms with Crippen LogP contribution in [0.2, 0.25) is 0 Å². The summed E-state index contributed by atoms with van der Waals surface area (Å²) in [5.74, 6) is -3.12. The molecule has 366 valence electrons. The van der Waals surface area contributed by atoms with Crippen molar-refractivity contribution in [3.8, 4) is 0 Å². The van der Waals surface area contributed by atoms with Gasteiger partial charge in [-0.15, -0.1) is 0 Å². The van der Waals surface area contributed by atoms with E-state index in [2.05, 4.69) is 45.1 Å². The number of aliphatic hydroxyl groups is 2. The summed E-state index contributed by atoms with van der Waals surface area (Å²) in [5.41, 5.74) is 0. The van der Waals surface area contributed by atoms with E-state index in [0.717, 1.165) is 89.9 Å². The lowest BCUT2D eigenvalue weighted by Gasteiger charge is -2.40. The van der Waals surface area contributed by atoms with Gasteiger partial charge >= 0.3 is 23.9 Å². The topological polar surface area (TPSA) is 175 Å². The minimum absolute atomic E-state index is 0.0482. The maximum absolute atomic E-state index is 13.0. The molecule has 0 bridgehead atoms. The van der Waals surface area contributed by atoms with E-state index in [-0.39, 0.29) is 25.9 Å². The van der Waals surface area contributed by atoms with E-state index in [9.17, 15) is 34.5 Å². The molecule has 1 heterocycles. The molecule has 3 N–H and O–H groups in total. The van der Waals surface area contributed by atoms with Crippen molar-refractivity contribution in [3.05, 3.63) is 24.3 Å². The summed E-state index contributed by atoms with van der Waals surface area (Å²) >= 11 is 0. The van der Waals surface area contributed by atoms with Crippen LogP contribution in [-0.4, -0.2) is 89.2 Å². The van der Waals surface area contributed by atoms with Crippen LogP contribution >= 0.6 is 0 Å². The first-order valence-corrected chi connectivity index (χ1v) is 25.3. The van der Waals surface area contributed by atoms with Crippen LogP contribution in [0.4, 0.5) is 0 Å². The van der Waals surface area contributed by atoms with Gasteiger partial charge in [-0.05, 0) is 44.9 Å². The average Bonchev–Trinajstić information content (AvgIpc) is 3.26. The van der Waals surface area contributed by atoms with E-state index < -0.39 is 67.3 Å². The Morgan fingerprint density at radius 2 is 0.984 bits per heavy atom. The summed E-state index contributed by atoms with van der Waals surface area (Å²) < 4.78 is 28.2. The largest absolute Gasteiger partial charge is 0.479 e. The second-order valence-corrected chi connectivity index (χ2v) is 17.5. The molecule has 0 aromatic rings. The summed E-state index contributed by atoms with van der Waals surface area (Å²) in [7, 11) is 0. The van der Waals surface area contributed by atoms with Crippen LogP contribution in [-0.2, 0) is 42.9 Å². The molecule has 0 aromatic carbocycles. The number of carbonyl (C=O) groups is 4. The van der Waals surface area contributed by atoms with Gasteiger partial charge in [0.25, 0.3) is 0 Å². The van der Waals surface area contributed by atoms with Gasteiger partial charge in [0.05, 0.1) is 6.61 Å². The van der Waals surface area contributed by atoms with E-state index in [1.54, 1.807) is 0 Å². The maximum atomic E-state index is 13.0. The van der Waals surface area contributed by atoms with Gasteiger partial charge in [0.15, 0.2) is 24.6 Å². The molecule has 1 aliphatic rings. The standard InChI is InChI=1S/C51H90O12/c1-4-7-10-13-16-19-21-22-24-27-30-33-36-39-45(54)62-49-47(56)46(55)48(50(57)58)63-51(49)60-41-42(61-44(53)38-35-32-29-25-18-15-12-9-6-3)40-59-43(52)37-34-31-28-26-23-20-17-14-11-8-5-2/h10,13,19,21,42,46-49,51,55-56H,4-9,11-12,14-18,20,22-41H2,1-3H3,(H,57,58)/b13-10-,21-19-. The Bertz CT molecular complexity index is 1200. The highest BCUT2D eigenvalue weighted by Gasteiger charge is 2.50. The number of rotatable bonds is 42. The van der Waals surface area contributed by atoms with Crippen LogP contribution in [0.3, 0.4) is 0 Å². The number of allylic oxidation sites excluding steroid dienone is 4. The average molecular weight is 895 g/mol. The Morgan fingerprint density at radius 3 is 1.49 bits per heavy atom. The van der Waals surface area contributed by atoms with Gasteiger partial charge in [-0.2, -0.15) is 0 Å². The summed E-state index contributed by atoms with van der Waals surface area (Å²) in [6, 6.07) is 0. The monoisotopic (exact) mass is 895 g/mol. The Morgan fingerprint density at radius 1 is 0.524 bits per heavy atom. The molecule has 1 saturated heterocycles. The van der Waals surface area contributed by atoms with Crippen molar-refractivity contribution in [2.45, 2.75) is 263 Å². The van der Waals surface area contributed by atoms with Crippen molar-refractivity contribution in [2.75, 3.05) is 13.2 Å². The molecular weight excluding hydrogens is 805 g/mol. The Balaban J connectivity index is 2.74. The van der Waals surface area contributed by atoms with Crippen LogP contribution < -0.4 is 0 Å². The lowest BCUT2D eigenvalue weighted by Crippen LogP contribution is -2.61. The highest BCUT2D eigenvalue weighted by Crippen LogP contribution is 2.26. The number of aliphatic carboxylic acids is 1. The minimum atomic E-state index is -1.90. The molecule has 12 nitrogen and oxygen atoms in total. The fourth-order valence-electron chi connectivity index (χ4n) is 7.58. The summed E-state index contributed by atoms with van der Waals surface area (Å²) in [4.78, 5) is 50.6. The molecule has 12 heteroatoms. The molecule has 0 saturated carbocycles. The van der Waals surface area contributed by atoms with Gasteiger partial charge in [0, 0.05) is 19.3 Å². The summed E-state index contributed by atoms with van der Waals surface area (Å²) in [6.45, 7) is 5.86. The third-order valence-electron chi connectivity index (χ3n) is 11.5. The third kappa shape index (κ3) is 31.7. The minimum Gasteiger partial charge on any atom is -0.479 e. The fraction of sp³-hybridized carbons (Fsp3) is 0.843. The first-order valence-electron chi connectivity index (χ1n) is 25.3. The van der Waals surface area contributed by atoms with Gasteiger partial charge in [0.2, 0.25) is 0 Å². The van der Waals surface area contributed by atoms with Crippen molar-refractivity contribution >= 4 is 23.9 Å². The number of ether oxygens (including phenoxy) is 5. The second kappa shape index (κ2) is 40.7. The Labute approximate surface area is 381 Å². The Kier molecular flexibility index (Phi) is 37.6. The van der Waals surface area contributed by atoms with Crippen molar-refractivity contribution < 1.29 is 58.2 Å². The van der Waals surface area contributed by atoms with Gasteiger partial charge in [-0.3, -0.25) is 14.4 Å². The number of carboxylic acids is 1. The lowest BCUT2D eigenvalue weighted by molar-refractivity contribution is -0.301. The van der Waals surface area contributed by atoms with E-state index >= 15 is 0 Å². The molecule has 0 radical (unpaired) electrons. The number of hydrogen-bond acceptors (Lipinski definition) is 11. The SMILES string of the molecule is CCC/C=C\C/C=C\CCCCCCCC(=O)OC1C(OCC(COC(=O)CCCCCCCCCCCCC)OC(=O)CCCCCCCCCCC)OC(C(=O)O)C(O)C1O. The number of hydrogen-bond donors (Lipinski definition) is 3. The van der Waals surface area contributed by atoms with Crippen molar-refractivity contribution in [3.63, 3.8) is 0 Å². The van der Waals surface area contributed by atoms with Crippen LogP contribution in [0.5, 0.6) is 0 Å². The molecule has 63 heavy (non-hydrogen) atoms. The van der Waals surface area contributed by atoms with Crippen molar-refractivity contribution in [1.82, 2.24) is 0 Å². The molecule has 6 atom stereocenters. The lowest BCUT2D eigenvalue weighted by atomic mass is 9.98. The van der Waals surface area contributed by atoms with E-state index in [4.69, 9.17) is 23.7 Å². The summed E-state index contributed by atoms with van der Waals surface area (Å²) in [6.07, 6.45) is 30.4. The van der Waals surface area contributed by atoms with Crippen LogP contribution in [0.15, 0.2) is 24.3 Å². The zero-order valence-electron chi connectivity index (χ0n) is 39.8. The zero-order chi connectivity index (χ0) is 46.2. The first kappa shape index (κ1) is 58.2. The molecule has 1 rings (SSSR count). The van der Waals surface area contributed by atoms with E-state index in [1.807, 2.05) is 0 Å². The van der Waals surface area contributed by atoms with Crippen LogP contribution in [0.25, 0.3) is 0 Å². The number of unbranched alkanes of at least 4 members (excludes halogenated alkanes) is 24. The number of esters is 3. The van der Waals surface area contributed by atoms with E-state index in [0.29, 0.717) is 19.3 Å². The molecule has 1 fully saturated rings. The van der Waals surface area contributed by atoms with Crippen LogP contribution in [0.1, 0.15) is 226 Å². The molecule has 6 unspecified atom stereocenters. The van der Waals surface area contributed by atoms with Crippen molar-refractivity contribution in [1.29, 1.82) is 0 Å². The maximum Gasteiger partial charge on any atom is 0.335 e. The van der Waals surface area contributed by atoms with Gasteiger partial charge < -0.3 is 39.0 Å². The second-order valence-electron chi connectivity index (χ2n) is 17.5. The number of carboxylic acid groups (broad SMARTS) is 1. The third-order valence-corrected chi connectivity index (χ3v) is 11.5. The van der Waals surface area contributed by atoms with Gasteiger partial charge in [-0.25, -0.2) is 4.79 Å². The van der Waals surface area contributed by atoms with Crippen LogP contribution in [0, 0.1) is 0 Å². The van der Waals surface area contributed by atoms with Gasteiger partial charge in [0.1, 0.15) is 18.8 Å². The summed E-state index contributed by atoms with van der Waals surface area (Å²) in [5, 5.41) is 31.2. The normalized spacial score (nSPS) is 19.4. The number of aliphatic hydroxyl groups excluding tert-OH is 2. The fourth-order valence-corrected chi connectivity index (χ4v) is 7.58. The van der Waals surface area contributed by atoms with E-state index in [1.165, 1.54) is 77.0 Å². The Hall–Kier alpha value is -2.80.